The van der Waals surface area contributed by atoms with Crippen LogP contribution < -0.4 is 0 Å². The first-order valence-electron chi connectivity index (χ1n) is 7.95. The van der Waals surface area contributed by atoms with Crippen LogP contribution in [-0.4, -0.2) is 5.12 Å². The Hall–Kier alpha value is 0.0200. The molecule has 0 saturated carbocycles. The van der Waals surface area contributed by atoms with E-state index in [-0.39, 0.29) is 11.0 Å². The zero-order chi connectivity index (χ0) is 13.6. The van der Waals surface area contributed by atoms with Crippen molar-refractivity contribution in [2.24, 2.45) is 5.92 Å². The van der Waals surface area contributed by atoms with Crippen LogP contribution in [0, 0.1) is 5.92 Å². The first-order chi connectivity index (χ1) is 8.72. The highest BCUT2D eigenvalue weighted by Gasteiger charge is 2.13. The van der Waals surface area contributed by atoms with Crippen LogP contribution in [-0.2, 0) is 4.79 Å². The maximum absolute atomic E-state index is 11.4. The molecule has 0 radical (unpaired) electrons. The lowest BCUT2D eigenvalue weighted by atomic mass is 9.96. The minimum atomic E-state index is 0.103. The molecule has 1 atom stereocenters. The van der Waals surface area contributed by atoms with Gasteiger partial charge in [-0.1, -0.05) is 78.1 Å². The van der Waals surface area contributed by atoms with Crippen molar-refractivity contribution >= 4 is 17.7 Å². The summed E-state index contributed by atoms with van der Waals surface area (Å²) in [4.78, 5) is 11.4. The Kier molecular flexibility index (Phi) is 13.5. The molecule has 0 heterocycles. The zero-order valence-corrected chi connectivity index (χ0v) is 13.3. The fourth-order valence-corrected chi connectivity index (χ4v) is 2.62. The van der Waals surface area contributed by atoms with E-state index in [1.165, 1.54) is 57.8 Å². The van der Waals surface area contributed by atoms with E-state index >= 15 is 0 Å². The minimum Gasteiger partial charge on any atom is -0.287 e. The van der Waals surface area contributed by atoms with Crippen LogP contribution in [0.25, 0.3) is 0 Å². The second-order valence-corrected chi connectivity index (χ2v) is 5.88. The first-order valence-corrected chi connectivity index (χ1v) is 8.39. The van der Waals surface area contributed by atoms with E-state index < -0.39 is 0 Å². The smallest absolute Gasteiger partial charge is 0.188 e. The van der Waals surface area contributed by atoms with Gasteiger partial charge in [-0.3, -0.25) is 4.79 Å². The maximum atomic E-state index is 11.4. The first kappa shape index (κ1) is 18.0. The van der Waals surface area contributed by atoms with Crippen molar-refractivity contribution in [3.05, 3.63) is 0 Å². The van der Waals surface area contributed by atoms with Crippen LogP contribution >= 0.6 is 12.6 Å². The van der Waals surface area contributed by atoms with Gasteiger partial charge in [-0.15, -0.1) is 12.6 Å². The predicted molar refractivity (Wildman–Crippen MR) is 84.2 cm³/mol. The topological polar surface area (TPSA) is 17.1 Å². The van der Waals surface area contributed by atoms with Gasteiger partial charge in [-0.05, 0) is 12.8 Å². The van der Waals surface area contributed by atoms with Gasteiger partial charge in [0, 0.05) is 5.92 Å². The second-order valence-electron chi connectivity index (χ2n) is 5.44. The van der Waals surface area contributed by atoms with E-state index in [0.717, 1.165) is 19.3 Å². The fraction of sp³-hybridized carbons (Fsp3) is 0.938. The van der Waals surface area contributed by atoms with E-state index in [1.807, 2.05) is 0 Å². The van der Waals surface area contributed by atoms with Gasteiger partial charge in [-0.2, -0.15) is 0 Å². The molecule has 1 unspecified atom stereocenters. The van der Waals surface area contributed by atoms with Crippen LogP contribution in [0.15, 0.2) is 0 Å². The molecule has 2 heteroatoms. The summed E-state index contributed by atoms with van der Waals surface area (Å²) < 4.78 is 0. The van der Waals surface area contributed by atoms with Crippen LogP contribution in [0.1, 0.15) is 90.9 Å². The van der Waals surface area contributed by atoms with Crippen molar-refractivity contribution in [2.45, 2.75) is 90.9 Å². The molecule has 18 heavy (non-hydrogen) atoms. The molecule has 0 bridgehead atoms. The summed E-state index contributed by atoms with van der Waals surface area (Å²) in [6.45, 7) is 4.43. The normalized spacial score (nSPS) is 12.6. The third-order valence-corrected chi connectivity index (χ3v) is 4.03. The summed E-state index contributed by atoms with van der Waals surface area (Å²) in [6.07, 6.45) is 15.1. The highest BCUT2D eigenvalue weighted by atomic mass is 32.1. The Morgan fingerprint density at radius 3 is 1.72 bits per heavy atom. The van der Waals surface area contributed by atoms with Crippen LogP contribution in [0.4, 0.5) is 0 Å². The molecule has 0 N–H and O–H groups in total. The molecule has 0 aromatic rings. The maximum Gasteiger partial charge on any atom is 0.188 e. The van der Waals surface area contributed by atoms with Crippen molar-refractivity contribution < 1.29 is 4.79 Å². The summed E-state index contributed by atoms with van der Waals surface area (Å²) in [5.41, 5.74) is 0. The second kappa shape index (κ2) is 13.5. The average molecular weight is 272 g/mol. The molecule has 108 valence electrons. The summed E-state index contributed by atoms with van der Waals surface area (Å²) >= 11 is 4.01. The molecule has 0 aliphatic carbocycles. The standard InChI is InChI=1S/C16H32OS/c1-3-5-7-8-9-10-11-12-14-15(16(17)18)13-6-4-2/h15H,3-14H2,1-2H3,(H,17,18). The zero-order valence-electron chi connectivity index (χ0n) is 12.4. The van der Waals surface area contributed by atoms with Gasteiger partial charge < -0.3 is 0 Å². The molecular weight excluding hydrogens is 240 g/mol. The summed E-state index contributed by atoms with van der Waals surface area (Å²) in [5, 5.41) is 0.103. The van der Waals surface area contributed by atoms with Gasteiger partial charge in [0.2, 0.25) is 0 Å². The third-order valence-electron chi connectivity index (χ3n) is 3.66. The number of carbonyl (C=O) groups is 1. The van der Waals surface area contributed by atoms with E-state index in [0.29, 0.717) is 0 Å². The molecule has 0 fully saturated rings. The Labute approximate surface area is 120 Å². The monoisotopic (exact) mass is 272 g/mol. The summed E-state index contributed by atoms with van der Waals surface area (Å²) in [7, 11) is 0. The van der Waals surface area contributed by atoms with Crippen LogP contribution in [0.3, 0.4) is 0 Å². The summed E-state index contributed by atoms with van der Waals surface area (Å²) in [5.74, 6) is 0.216. The van der Waals surface area contributed by atoms with Gasteiger partial charge in [0.25, 0.3) is 0 Å². The Morgan fingerprint density at radius 2 is 1.22 bits per heavy atom. The quantitative estimate of drug-likeness (QED) is 0.332. The van der Waals surface area contributed by atoms with Crippen molar-refractivity contribution in [1.29, 1.82) is 0 Å². The molecule has 0 rings (SSSR count). The molecule has 0 spiro atoms. The van der Waals surface area contributed by atoms with Gasteiger partial charge in [0.05, 0.1) is 0 Å². The number of carbonyl (C=O) groups excluding carboxylic acids is 1. The minimum absolute atomic E-state index is 0.103. The lowest BCUT2D eigenvalue weighted by molar-refractivity contribution is -0.114. The van der Waals surface area contributed by atoms with Gasteiger partial charge in [0.1, 0.15) is 0 Å². The van der Waals surface area contributed by atoms with Crippen molar-refractivity contribution in [3.63, 3.8) is 0 Å². The number of unbranched alkanes of at least 4 members (excludes halogenated alkanes) is 8. The average Bonchev–Trinajstić information content (AvgIpc) is 2.35. The van der Waals surface area contributed by atoms with Crippen molar-refractivity contribution in [1.82, 2.24) is 0 Å². The molecule has 0 aliphatic rings. The van der Waals surface area contributed by atoms with E-state index in [9.17, 15) is 4.79 Å². The fourth-order valence-electron chi connectivity index (χ4n) is 2.37. The van der Waals surface area contributed by atoms with Crippen molar-refractivity contribution in [3.8, 4) is 0 Å². The molecule has 0 aromatic heterocycles. The Morgan fingerprint density at radius 1 is 0.778 bits per heavy atom. The number of hydrogen-bond donors (Lipinski definition) is 1. The van der Waals surface area contributed by atoms with Crippen LogP contribution in [0.2, 0.25) is 0 Å². The van der Waals surface area contributed by atoms with Crippen LogP contribution in [0.5, 0.6) is 0 Å². The highest BCUT2D eigenvalue weighted by Crippen LogP contribution is 2.20. The third kappa shape index (κ3) is 11.1. The van der Waals surface area contributed by atoms with E-state index in [1.54, 1.807) is 0 Å². The SMILES string of the molecule is CCCCCCCCCCC(CCCC)C(=O)S. The lowest BCUT2D eigenvalue weighted by Crippen LogP contribution is -2.08. The largest absolute Gasteiger partial charge is 0.287 e. The number of hydrogen-bond acceptors (Lipinski definition) is 1. The van der Waals surface area contributed by atoms with E-state index in [2.05, 4.69) is 26.5 Å². The van der Waals surface area contributed by atoms with Gasteiger partial charge in [0.15, 0.2) is 5.12 Å². The van der Waals surface area contributed by atoms with Gasteiger partial charge in [-0.25, -0.2) is 0 Å². The van der Waals surface area contributed by atoms with Crippen molar-refractivity contribution in [2.75, 3.05) is 0 Å². The van der Waals surface area contributed by atoms with E-state index in [4.69, 9.17) is 0 Å². The molecule has 1 nitrogen and oxygen atoms in total. The molecule has 0 saturated heterocycles. The Balaban J connectivity index is 3.40. The molecule has 0 amide bonds. The number of rotatable bonds is 13. The molecule has 0 aliphatic heterocycles. The Bertz CT molecular complexity index is 192. The predicted octanol–water partition coefficient (Wildman–Crippen LogP) is 5.78. The van der Waals surface area contributed by atoms with Gasteiger partial charge >= 0.3 is 0 Å². The summed E-state index contributed by atoms with van der Waals surface area (Å²) in [6, 6.07) is 0. The highest BCUT2D eigenvalue weighted by molar-refractivity contribution is 7.96. The molecule has 0 aromatic carbocycles. The molecular formula is C16H32OS. The number of thiol groups is 1. The lowest BCUT2D eigenvalue weighted by Gasteiger charge is -2.12.